The summed E-state index contributed by atoms with van der Waals surface area (Å²) in [5.74, 6) is 3.07. The van der Waals surface area contributed by atoms with Crippen molar-refractivity contribution in [2.75, 3.05) is 35.5 Å². The molecule has 15 heteroatoms. The van der Waals surface area contributed by atoms with E-state index in [0.717, 1.165) is 38.9 Å². The van der Waals surface area contributed by atoms with Crippen molar-refractivity contribution >= 4 is 69.5 Å². The number of aryl methyl sites for hydroxylation is 7. The van der Waals surface area contributed by atoms with Crippen molar-refractivity contribution in [3.8, 4) is 28.7 Å². The van der Waals surface area contributed by atoms with E-state index in [1.165, 1.54) is 78.2 Å². The highest BCUT2D eigenvalue weighted by Crippen LogP contribution is 2.38. The van der Waals surface area contributed by atoms with Gasteiger partial charge < -0.3 is 23.7 Å². The second kappa shape index (κ2) is 37.0. The second-order valence-corrected chi connectivity index (χ2v) is 20.9. The summed E-state index contributed by atoms with van der Waals surface area (Å²) in [6.07, 6.45) is 0. The van der Waals surface area contributed by atoms with Gasteiger partial charge in [-0.1, -0.05) is 82.4 Å². The molecule has 0 unspecified atom stereocenters. The summed E-state index contributed by atoms with van der Waals surface area (Å²) in [6.45, 7) is 28.4. The highest BCUT2D eigenvalue weighted by Gasteiger charge is 2.15. The fourth-order valence-corrected chi connectivity index (χ4v) is 8.58. The molecule has 0 saturated heterocycles. The van der Waals surface area contributed by atoms with E-state index in [1.54, 1.807) is 108 Å². The van der Waals surface area contributed by atoms with E-state index < -0.39 is 0 Å². The van der Waals surface area contributed by atoms with Crippen LogP contribution in [0, 0.1) is 55.4 Å². The molecule has 86 heavy (non-hydrogen) atoms. The molecule has 7 rings (SSSR count). The summed E-state index contributed by atoms with van der Waals surface area (Å²) in [6, 6.07) is 33.7. The first kappa shape index (κ1) is 75.5. The van der Waals surface area contributed by atoms with Gasteiger partial charge in [0.25, 0.3) is 0 Å². The van der Waals surface area contributed by atoms with Crippen molar-refractivity contribution in [2.24, 2.45) is 0 Å². The lowest BCUT2D eigenvalue weighted by molar-refractivity contribution is 0.100. The molecular weight excluding hydrogens is 1130 g/mol. The van der Waals surface area contributed by atoms with Crippen LogP contribution in [0.3, 0.4) is 0 Å². The zero-order valence-electron chi connectivity index (χ0n) is 53.5. The van der Waals surface area contributed by atoms with Crippen molar-refractivity contribution in [1.82, 2.24) is 0 Å². The monoisotopic (exact) mass is 1210 g/mol. The maximum atomic E-state index is 11.2. The summed E-state index contributed by atoms with van der Waals surface area (Å²) >= 11 is 11.4. The Morgan fingerprint density at radius 2 is 0.663 bits per heavy atom. The van der Waals surface area contributed by atoms with E-state index >= 15 is 0 Å². The predicted molar refractivity (Wildman–Crippen MR) is 346 cm³/mol. The van der Waals surface area contributed by atoms with Gasteiger partial charge in [0.15, 0.2) is 57.8 Å². The lowest BCUT2D eigenvalue weighted by Gasteiger charge is -2.12. The zero-order valence-corrected chi connectivity index (χ0v) is 55.0. The van der Waals surface area contributed by atoms with Gasteiger partial charge in [-0.3, -0.25) is 38.4 Å². The molecule has 0 heterocycles. The average Bonchev–Trinajstić information content (AvgIpc) is 3.62. The molecular formula is C71H82Cl2O13. The fourth-order valence-electron chi connectivity index (χ4n) is 8.15. The number of Topliss-reactive ketones (excluding diaryl/α,β-unsaturated/α-hetero) is 8. The molecule has 0 spiro atoms. The molecule has 0 aromatic heterocycles. The number of ketones is 8. The molecule has 0 atom stereocenters. The Morgan fingerprint density at radius 3 is 0.977 bits per heavy atom. The van der Waals surface area contributed by atoms with E-state index in [9.17, 15) is 38.4 Å². The molecule has 7 aromatic rings. The maximum absolute atomic E-state index is 11.2. The van der Waals surface area contributed by atoms with Crippen LogP contribution in [0.15, 0.2) is 115 Å². The Kier molecular flexibility index (Phi) is 32.5. The summed E-state index contributed by atoms with van der Waals surface area (Å²) in [4.78, 5) is 88.1. The van der Waals surface area contributed by atoms with Gasteiger partial charge in [0.2, 0.25) is 5.75 Å². The van der Waals surface area contributed by atoms with Gasteiger partial charge in [0, 0.05) is 55.6 Å². The van der Waals surface area contributed by atoms with Crippen LogP contribution in [0.5, 0.6) is 28.7 Å². The van der Waals surface area contributed by atoms with E-state index in [0.29, 0.717) is 66.6 Å². The quantitative estimate of drug-likeness (QED) is 0.0995. The molecule has 0 fully saturated rings. The van der Waals surface area contributed by atoms with Crippen LogP contribution in [0.25, 0.3) is 0 Å². The van der Waals surface area contributed by atoms with Crippen molar-refractivity contribution in [3.05, 3.63) is 214 Å². The fraction of sp³-hybridized carbons (Fsp3) is 0.296. The van der Waals surface area contributed by atoms with Crippen LogP contribution >= 0.6 is 23.2 Å². The molecule has 0 aliphatic heterocycles. The molecule has 0 aliphatic carbocycles. The number of hydrogen-bond acceptors (Lipinski definition) is 13. The van der Waals surface area contributed by atoms with Crippen molar-refractivity contribution < 1.29 is 62.0 Å². The molecule has 0 bridgehead atoms. The number of carbonyl (C=O) groups excluding carboxylic acids is 8. The third-order valence-electron chi connectivity index (χ3n) is 12.8. The Bertz CT molecular complexity index is 3390. The van der Waals surface area contributed by atoms with Crippen LogP contribution in [0.1, 0.15) is 183 Å². The first-order valence-electron chi connectivity index (χ1n) is 27.1. The molecule has 0 radical (unpaired) electrons. The SMILES string of the molecule is CC(=O)c1c(C)cc(C)cc1C.CC(=O)c1cc(C)c(C)c(C)c1.CC(=O)c1cc(C)cc(C)c1.CC(=O)c1cc(Cl)ccc1Cl.CC(=O)c1ccc(C(C)=O)cc1.COc1cc(C(C)=O)cc(OC)c1OC.COc1cc(OC)cc(C(C)=O)c1. The number of methoxy groups -OCH3 is 5. The number of hydrogen-bond donors (Lipinski definition) is 0. The largest absolute Gasteiger partial charge is 0.497 e. The lowest BCUT2D eigenvalue weighted by Crippen LogP contribution is -2.00. The van der Waals surface area contributed by atoms with Crippen LogP contribution < -0.4 is 23.7 Å². The minimum absolute atomic E-state index is 0.00259. The minimum atomic E-state index is -0.0718. The van der Waals surface area contributed by atoms with Gasteiger partial charge in [-0.25, -0.2) is 0 Å². The standard InChI is InChI=1S/C11H14O4.2C11H14O.C10H12O3.C10H10O2.C10H12O.C8H6Cl2O/c1-7(12)8-5-9(13-2)11(15-4)10(6-8)14-3;1-7-5-11(10(4)12)6-8(2)9(7)3;1-7-5-8(2)11(10(4)12)9(3)6-7;1-7(11)8-4-9(12-2)6-10(5-8)13-3;1-7(11)9-3-5-10(6-4-9)8(2)12;1-7-4-8(2)6-10(5-7)9(3)11;1-5(11)7-4-6(9)2-3-8(7)10/h5-6H,1-4H3;2*5-6H,1-4H3;4-6H,1-3H3;3-6H,1-2H3;4-6H,1-3H3;2-4H,1H3. The zero-order chi connectivity index (χ0) is 65.9. The van der Waals surface area contributed by atoms with Crippen LogP contribution in [0.2, 0.25) is 10.0 Å². The number of benzene rings is 7. The molecule has 13 nitrogen and oxygen atoms in total. The average molecular weight is 1210 g/mol. The molecule has 458 valence electrons. The summed E-state index contributed by atoms with van der Waals surface area (Å²) in [5, 5.41) is 0.974. The van der Waals surface area contributed by atoms with Crippen LogP contribution in [-0.4, -0.2) is 81.8 Å². The van der Waals surface area contributed by atoms with E-state index in [4.69, 9.17) is 46.9 Å². The van der Waals surface area contributed by atoms with E-state index in [1.807, 2.05) is 84.9 Å². The number of ether oxygens (including phenoxy) is 5. The third kappa shape index (κ3) is 25.4. The Labute approximate surface area is 518 Å². The lowest BCUT2D eigenvalue weighted by atomic mass is 9.97. The maximum Gasteiger partial charge on any atom is 0.203 e. The van der Waals surface area contributed by atoms with Gasteiger partial charge in [0.1, 0.15) is 11.5 Å². The summed E-state index contributed by atoms with van der Waals surface area (Å²) in [5.41, 5.74) is 14.7. The van der Waals surface area contributed by atoms with E-state index in [-0.39, 0.29) is 46.3 Å². The molecule has 0 aliphatic rings. The molecule has 0 N–H and O–H groups in total. The van der Waals surface area contributed by atoms with E-state index in [2.05, 4.69) is 13.0 Å². The van der Waals surface area contributed by atoms with Crippen molar-refractivity contribution in [1.29, 1.82) is 0 Å². The topological polar surface area (TPSA) is 183 Å². The summed E-state index contributed by atoms with van der Waals surface area (Å²) in [7, 11) is 7.66. The Morgan fingerprint density at radius 1 is 0.314 bits per heavy atom. The Hall–Kier alpha value is -8.52. The second-order valence-electron chi connectivity index (χ2n) is 20.1. The van der Waals surface area contributed by atoms with Crippen molar-refractivity contribution in [3.63, 3.8) is 0 Å². The Balaban J connectivity index is 0.000000503. The number of rotatable bonds is 13. The van der Waals surface area contributed by atoms with Gasteiger partial charge in [-0.15, -0.1) is 0 Å². The van der Waals surface area contributed by atoms with Gasteiger partial charge in [0.05, 0.1) is 40.6 Å². The number of halogens is 2. The predicted octanol–water partition coefficient (Wildman–Crippen LogP) is 17.2. The van der Waals surface area contributed by atoms with Gasteiger partial charge in [-0.05, 0) is 205 Å². The molecule has 7 aromatic carbocycles. The van der Waals surface area contributed by atoms with Crippen molar-refractivity contribution in [2.45, 2.75) is 111 Å². The third-order valence-corrected chi connectivity index (χ3v) is 13.4. The van der Waals surface area contributed by atoms with Gasteiger partial charge >= 0.3 is 0 Å². The highest BCUT2D eigenvalue weighted by atomic mass is 35.5. The summed E-state index contributed by atoms with van der Waals surface area (Å²) < 4.78 is 25.4. The molecule has 0 amide bonds. The first-order valence-corrected chi connectivity index (χ1v) is 27.8. The number of carbonyl (C=O) groups is 8. The van der Waals surface area contributed by atoms with Crippen LogP contribution in [-0.2, 0) is 0 Å². The normalized spacial score (nSPS) is 9.71. The minimum Gasteiger partial charge on any atom is -0.497 e. The van der Waals surface area contributed by atoms with Gasteiger partial charge in [-0.2, -0.15) is 0 Å². The molecule has 0 saturated carbocycles. The van der Waals surface area contributed by atoms with Crippen LogP contribution in [0.4, 0.5) is 0 Å². The first-order chi connectivity index (χ1) is 40.2. The smallest absolute Gasteiger partial charge is 0.203 e. The highest BCUT2D eigenvalue weighted by molar-refractivity contribution is 6.35.